The highest BCUT2D eigenvalue weighted by atomic mass is 19.1. The average Bonchev–Trinajstić information content (AvgIpc) is 2.85. The SMILES string of the molecule is N#Cc1c(N2CC3CCC(C2)N3)cc(F)c2c1CCCC2. The monoisotopic (exact) mass is 285 g/mol. The molecule has 110 valence electrons. The fraction of sp³-hybridized carbons (Fsp3) is 0.588. The Morgan fingerprint density at radius 3 is 2.48 bits per heavy atom. The van der Waals surface area contributed by atoms with E-state index in [1.165, 1.54) is 12.8 Å². The first kappa shape index (κ1) is 13.1. The van der Waals surface area contributed by atoms with Crippen molar-refractivity contribution < 1.29 is 4.39 Å². The van der Waals surface area contributed by atoms with Crippen molar-refractivity contribution in [2.75, 3.05) is 18.0 Å². The first-order valence-corrected chi connectivity index (χ1v) is 8.01. The molecule has 4 rings (SSSR count). The molecule has 0 amide bonds. The number of hydrogen-bond acceptors (Lipinski definition) is 3. The number of rotatable bonds is 1. The molecule has 3 aliphatic rings. The third-order valence-electron chi connectivity index (χ3n) is 5.25. The Balaban J connectivity index is 1.78. The van der Waals surface area contributed by atoms with Gasteiger partial charge in [-0.15, -0.1) is 0 Å². The fourth-order valence-electron chi connectivity index (χ4n) is 4.25. The smallest absolute Gasteiger partial charge is 0.128 e. The van der Waals surface area contributed by atoms with Gasteiger partial charge in [0.1, 0.15) is 11.9 Å². The minimum atomic E-state index is -0.107. The summed E-state index contributed by atoms with van der Waals surface area (Å²) in [7, 11) is 0. The van der Waals surface area contributed by atoms with Gasteiger partial charge >= 0.3 is 0 Å². The molecule has 0 spiro atoms. The molecule has 3 nitrogen and oxygen atoms in total. The molecule has 2 fully saturated rings. The van der Waals surface area contributed by atoms with E-state index in [2.05, 4.69) is 16.3 Å². The zero-order valence-electron chi connectivity index (χ0n) is 12.2. The van der Waals surface area contributed by atoms with Crippen molar-refractivity contribution in [2.24, 2.45) is 0 Å². The highest BCUT2D eigenvalue weighted by Crippen LogP contribution is 2.35. The molecule has 0 aromatic heterocycles. The van der Waals surface area contributed by atoms with E-state index in [0.29, 0.717) is 12.1 Å². The van der Waals surface area contributed by atoms with Crippen LogP contribution < -0.4 is 10.2 Å². The molecule has 1 aliphatic carbocycles. The number of benzene rings is 1. The summed E-state index contributed by atoms with van der Waals surface area (Å²) in [5.74, 6) is -0.107. The number of nitrogens with one attached hydrogen (secondary N) is 1. The molecule has 2 saturated heterocycles. The summed E-state index contributed by atoms with van der Waals surface area (Å²) in [5.41, 5.74) is 3.32. The summed E-state index contributed by atoms with van der Waals surface area (Å²) in [6.07, 6.45) is 6.11. The summed E-state index contributed by atoms with van der Waals surface area (Å²) < 4.78 is 14.5. The van der Waals surface area contributed by atoms with Gasteiger partial charge in [0.2, 0.25) is 0 Å². The van der Waals surface area contributed by atoms with Gasteiger partial charge in [0.05, 0.1) is 11.3 Å². The highest BCUT2D eigenvalue weighted by molar-refractivity contribution is 5.66. The van der Waals surface area contributed by atoms with E-state index in [1.807, 2.05) is 0 Å². The number of hydrogen-bond donors (Lipinski definition) is 1. The van der Waals surface area contributed by atoms with Crippen LogP contribution in [0.15, 0.2) is 6.07 Å². The van der Waals surface area contributed by atoms with E-state index in [1.54, 1.807) is 6.07 Å². The fourth-order valence-corrected chi connectivity index (χ4v) is 4.25. The minimum Gasteiger partial charge on any atom is -0.367 e. The molecule has 1 aromatic rings. The highest BCUT2D eigenvalue weighted by Gasteiger charge is 2.34. The topological polar surface area (TPSA) is 39.1 Å². The summed E-state index contributed by atoms with van der Waals surface area (Å²) in [6, 6.07) is 4.98. The lowest BCUT2D eigenvalue weighted by atomic mass is 9.87. The molecule has 2 aliphatic heterocycles. The Kier molecular flexibility index (Phi) is 3.11. The molecule has 2 atom stereocenters. The third kappa shape index (κ3) is 2.11. The molecule has 0 saturated carbocycles. The van der Waals surface area contributed by atoms with E-state index >= 15 is 0 Å². The van der Waals surface area contributed by atoms with Crippen LogP contribution in [0.1, 0.15) is 42.4 Å². The Morgan fingerprint density at radius 2 is 1.81 bits per heavy atom. The lowest BCUT2D eigenvalue weighted by Gasteiger charge is -2.36. The lowest BCUT2D eigenvalue weighted by Crippen LogP contribution is -2.51. The van der Waals surface area contributed by atoms with Crippen LogP contribution in [0.3, 0.4) is 0 Å². The molecule has 2 unspecified atom stereocenters. The lowest BCUT2D eigenvalue weighted by molar-refractivity contribution is 0.464. The number of fused-ring (bicyclic) bond motifs is 3. The van der Waals surface area contributed by atoms with Crippen LogP contribution in [0.25, 0.3) is 0 Å². The second-order valence-electron chi connectivity index (χ2n) is 6.57. The molecule has 2 heterocycles. The number of nitriles is 1. The van der Waals surface area contributed by atoms with E-state index in [-0.39, 0.29) is 5.82 Å². The second-order valence-corrected chi connectivity index (χ2v) is 6.57. The van der Waals surface area contributed by atoms with Gasteiger partial charge in [-0.05, 0) is 55.7 Å². The van der Waals surface area contributed by atoms with Crippen molar-refractivity contribution in [2.45, 2.75) is 50.6 Å². The van der Waals surface area contributed by atoms with Gasteiger partial charge in [0.25, 0.3) is 0 Å². The van der Waals surface area contributed by atoms with Crippen LogP contribution in [0, 0.1) is 17.1 Å². The molecule has 2 bridgehead atoms. The van der Waals surface area contributed by atoms with Crippen LogP contribution in [-0.2, 0) is 12.8 Å². The zero-order chi connectivity index (χ0) is 14.4. The van der Waals surface area contributed by atoms with Crippen LogP contribution in [0.5, 0.6) is 0 Å². The Bertz CT molecular complexity index is 607. The first-order valence-electron chi connectivity index (χ1n) is 8.01. The maximum absolute atomic E-state index is 14.5. The molecule has 1 aromatic carbocycles. The number of piperazine rings is 1. The molecular weight excluding hydrogens is 265 g/mol. The Hall–Kier alpha value is -1.60. The maximum atomic E-state index is 14.5. The van der Waals surface area contributed by atoms with E-state index in [4.69, 9.17) is 0 Å². The molecular formula is C17H20FN3. The van der Waals surface area contributed by atoms with Crippen molar-refractivity contribution >= 4 is 5.69 Å². The van der Waals surface area contributed by atoms with Gasteiger partial charge in [-0.3, -0.25) is 0 Å². The van der Waals surface area contributed by atoms with Gasteiger partial charge in [0.15, 0.2) is 0 Å². The quantitative estimate of drug-likeness (QED) is 0.862. The summed E-state index contributed by atoms with van der Waals surface area (Å²) in [6.45, 7) is 1.78. The van der Waals surface area contributed by atoms with Crippen molar-refractivity contribution in [3.8, 4) is 6.07 Å². The van der Waals surface area contributed by atoms with Crippen LogP contribution in [0.2, 0.25) is 0 Å². The molecule has 1 N–H and O–H groups in total. The molecule has 4 heteroatoms. The van der Waals surface area contributed by atoms with Crippen molar-refractivity contribution in [1.82, 2.24) is 5.32 Å². The third-order valence-corrected chi connectivity index (χ3v) is 5.25. The van der Waals surface area contributed by atoms with Crippen LogP contribution >= 0.6 is 0 Å². The van der Waals surface area contributed by atoms with Gasteiger partial charge < -0.3 is 10.2 Å². The maximum Gasteiger partial charge on any atom is 0.128 e. The van der Waals surface area contributed by atoms with Gasteiger partial charge in [-0.2, -0.15) is 5.26 Å². The zero-order valence-corrected chi connectivity index (χ0v) is 12.2. The summed E-state index contributed by atoms with van der Waals surface area (Å²) in [4.78, 5) is 2.23. The minimum absolute atomic E-state index is 0.107. The Morgan fingerprint density at radius 1 is 1.14 bits per heavy atom. The van der Waals surface area contributed by atoms with E-state index < -0.39 is 0 Å². The van der Waals surface area contributed by atoms with Crippen LogP contribution in [0.4, 0.5) is 10.1 Å². The summed E-state index contributed by atoms with van der Waals surface area (Å²) in [5, 5.41) is 13.2. The van der Waals surface area contributed by atoms with E-state index in [0.717, 1.165) is 61.2 Å². The molecule has 0 radical (unpaired) electrons. The molecule has 21 heavy (non-hydrogen) atoms. The largest absolute Gasteiger partial charge is 0.367 e. The standard InChI is InChI=1S/C17H20FN3/c18-16-7-17(21-9-11-5-6-12(10-21)20-11)15(8-19)13-3-1-2-4-14(13)16/h7,11-12,20H,1-6,9-10H2. The van der Waals surface area contributed by atoms with E-state index in [9.17, 15) is 9.65 Å². The first-order chi connectivity index (χ1) is 10.3. The van der Waals surface area contributed by atoms with Crippen molar-refractivity contribution in [3.63, 3.8) is 0 Å². The number of anilines is 1. The normalized spacial score (nSPS) is 27.3. The van der Waals surface area contributed by atoms with Gasteiger partial charge in [-0.1, -0.05) is 0 Å². The summed E-state index contributed by atoms with van der Waals surface area (Å²) >= 11 is 0. The Labute approximate surface area is 124 Å². The van der Waals surface area contributed by atoms with Crippen molar-refractivity contribution in [3.05, 3.63) is 28.6 Å². The predicted octanol–water partition coefficient (Wildman–Crippen LogP) is 2.52. The van der Waals surface area contributed by atoms with Crippen molar-refractivity contribution in [1.29, 1.82) is 5.26 Å². The van der Waals surface area contributed by atoms with Gasteiger partial charge in [-0.25, -0.2) is 4.39 Å². The predicted molar refractivity (Wildman–Crippen MR) is 79.9 cm³/mol. The van der Waals surface area contributed by atoms with Crippen LogP contribution in [-0.4, -0.2) is 25.2 Å². The second kappa shape index (κ2) is 4.99. The number of nitrogens with zero attached hydrogens (tertiary/aromatic N) is 2. The van der Waals surface area contributed by atoms with Gasteiger partial charge in [0, 0.05) is 25.2 Å². The number of halogens is 1. The average molecular weight is 285 g/mol.